The maximum atomic E-state index is 12.0. The minimum absolute atomic E-state index is 0.141. The monoisotopic (exact) mass is 337 g/mol. The topological polar surface area (TPSA) is 56.1 Å². The SMILES string of the molecule is CCNc1cnn(Cc2cc(OC)ccc2Br)c(=O)c1. The van der Waals surface area contributed by atoms with Crippen LogP contribution in [0.3, 0.4) is 0 Å². The molecule has 0 unspecified atom stereocenters. The summed E-state index contributed by atoms with van der Waals surface area (Å²) in [6, 6.07) is 7.19. The van der Waals surface area contributed by atoms with Gasteiger partial charge in [0.2, 0.25) is 0 Å². The Morgan fingerprint density at radius 1 is 1.40 bits per heavy atom. The van der Waals surface area contributed by atoms with Crippen molar-refractivity contribution in [3.05, 3.63) is 50.9 Å². The van der Waals surface area contributed by atoms with E-state index in [0.29, 0.717) is 6.54 Å². The van der Waals surface area contributed by atoms with Gasteiger partial charge >= 0.3 is 0 Å². The number of aromatic nitrogens is 2. The largest absolute Gasteiger partial charge is 0.497 e. The summed E-state index contributed by atoms with van der Waals surface area (Å²) in [5.74, 6) is 0.750. The van der Waals surface area contributed by atoms with Crippen LogP contribution in [0.1, 0.15) is 12.5 Å². The Labute approximate surface area is 125 Å². The molecule has 0 spiro atoms. The van der Waals surface area contributed by atoms with Crippen LogP contribution in [-0.4, -0.2) is 23.4 Å². The predicted molar refractivity (Wildman–Crippen MR) is 82.5 cm³/mol. The number of halogens is 1. The summed E-state index contributed by atoms with van der Waals surface area (Å²) in [5, 5.41) is 7.23. The number of rotatable bonds is 5. The zero-order valence-corrected chi connectivity index (χ0v) is 13.0. The van der Waals surface area contributed by atoms with Crippen molar-refractivity contribution in [2.75, 3.05) is 19.0 Å². The van der Waals surface area contributed by atoms with Gasteiger partial charge in [-0.1, -0.05) is 15.9 Å². The lowest BCUT2D eigenvalue weighted by Crippen LogP contribution is -2.23. The van der Waals surface area contributed by atoms with Crippen LogP contribution < -0.4 is 15.6 Å². The summed E-state index contributed by atoms with van der Waals surface area (Å²) in [4.78, 5) is 12.0. The fraction of sp³-hybridized carbons (Fsp3) is 0.286. The lowest BCUT2D eigenvalue weighted by Gasteiger charge is -2.09. The van der Waals surface area contributed by atoms with Crippen molar-refractivity contribution in [3.8, 4) is 5.75 Å². The van der Waals surface area contributed by atoms with Crippen LogP contribution in [0.15, 0.2) is 39.7 Å². The smallest absolute Gasteiger partial charge is 0.269 e. The Morgan fingerprint density at radius 2 is 2.20 bits per heavy atom. The average molecular weight is 338 g/mol. The van der Waals surface area contributed by atoms with Crippen molar-refractivity contribution in [3.63, 3.8) is 0 Å². The minimum Gasteiger partial charge on any atom is -0.497 e. The summed E-state index contributed by atoms with van der Waals surface area (Å²) in [7, 11) is 1.61. The van der Waals surface area contributed by atoms with Crippen LogP contribution in [0.2, 0.25) is 0 Å². The Hall–Kier alpha value is -1.82. The van der Waals surface area contributed by atoms with E-state index in [2.05, 4.69) is 26.3 Å². The quantitative estimate of drug-likeness (QED) is 0.910. The molecular formula is C14H16BrN3O2. The fourth-order valence-electron chi connectivity index (χ4n) is 1.81. The number of hydrogen-bond donors (Lipinski definition) is 1. The highest BCUT2D eigenvalue weighted by Gasteiger charge is 2.06. The van der Waals surface area contributed by atoms with E-state index in [9.17, 15) is 4.79 Å². The van der Waals surface area contributed by atoms with E-state index < -0.39 is 0 Å². The zero-order valence-electron chi connectivity index (χ0n) is 11.4. The summed E-state index contributed by atoms with van der Waals surface area (Å²) in [5.41, 5.74) is 1.53. The van der Waals surface area contributed by atoms with E-state index in [-0.39, 0.29) is 5.56 Å². The van der Waals surface area contributed by atoms with Crippen LogP contribution in [0.5, 0.6) is 5.75 Å². The molecule has 1 heterocycles. The number of nitrogens with one attached hydrogen (secondary N) is 1. The number of hydrogen-bond acceptors (Lipinski definition) is 4. The molecule has 0 aliphatic carbocycles. The molecule has 20 heavy (non-hydrogen) atoms. The standard InChI is InChI=1S/C14H16BrN3O2/c1-3-16-11-7-14(19)18(17-8-11)9-10-6-12(20-2)4-5-13(10)15/h4-8,16H,3,9H2,1-2H3. The summed E-state index contributed by atoms with van der Waals surface area (Å²) in [6.07, 6.45) is 1.65. The van der Waals surface area contributed by atoms with Gasteiger partial charge in [0.1, 0.15) is 5.75 Å². The highest BCUT2D eigenvalue weighted by atomic mass is 79.9. The molecule has 0 atom stereocenters. The Kier molecular flexibility index (Phi) is 4.79. The van der Waals surface area contributed by atoms with Crippen molar-refractivity contribution in [1.29, 1.82) is 0 Å². The molecule has 1 aromatic carbocycles. The summed E-state index contributed by atoms with van der Waals surface area (Å²) >= 11 is 3.47. The van der Waals surface area contributed by atoms with Gasteiger partial charge in [-0.15, -0.1) is 0 Å². The number of nitrogens with zero attached hydrogens (tertiary/aromatic N) is 2. The third-order valence-electron chi connectivity index (χ3n) is 2.82. The number of benzene rings is 1. The molecule has 106 valence electrons. The second-order valence-electron chi connectivity index (χ2n) is 4.23. The first kappa shape index (κ1) is 14.6. The molecule has 0 aliphatic rings. The lowest BCUT2D eigenvalue weighted by molar-refractivity contribution is 0.414. The number of ether oxygens (including phenoxy) is 1. The molecule has 0 radical (unpaired) electrons. The van der Waals surface area contributed by atoms with Gasteiger partial charge < -0.3 is 10.1 Å². The molecule has 5 nitrogen and oxygen atoms in total. The number of anilines is 1. The van der Waals surface area contributed by atoms with Crippen molar-refractivity contribution in [1.82, 2.24) is 9.78 Å². The van der Waals surface area contributed by atoms with Crippen LogP contribution in [0.25, 0.3) is 0 Å². The minimum atomic E-state index is -0.141. The van der Waals surface area contributed by atoms with Gasteiger partial charge in [0.15, 0.2) is 0 Å². The van der Waals surface area contributed by atoms with E-state index in [0.717, 1.165) is 28.0 Å². The summed E-state index contributed by atoms with van der Waals surface area (Å²) in [6.45, 7) is 3.12. The van der Waals surface area contributed by atoms with Crippen molar-refractivity contribution in [2.45, 2.75) is 13.5 Å². The van der Waals surface area contributed by atoms with E-state index >= 15 is 0 Å². The Balaban J connectivity index is 2.28. The van der Waals surface area contributed by atoms with Crippen LogP contribution >= 0.6 is 15.9 Å². The lowest BCUT2D eigenvalue weighted by atomic mass is 10.2. The van der Waals surface area contributed by atoms with E-state index in [4.69, 9.17) is 4.74 Å². The van der Waals surface area contributed by atoms with Gasteiger partial charge in [0.05, 0.1) is 25.5 Å². The molecule has 0 fully saturated rings. The molecule has 6 heteroatoms. The Morgan fingerprint density at radius 3 is 2.85 bits per heavy atom. The first-order valence-corrected chi connectivity index (χ1v) is 7.06. The van der Waals surface area contributed by atoms with Gasteiger partial charge in [-0.05, 0) is 30.7 Å². The van der Waals surface area contributed by atoms with E-state index in [1.165, 1.54) is 4.68 Å². The molecule has 1 N–H and O–H groups in total. The number of methoxy groups -OCH3 is 1. The predicted octanol–water partition coefficient (Wildman–Crippen LogP) is 2.49. The van der Waals surface area contributed by atoms with Crippen LogP contribution in [0.4, 0.5) is 5.69 Å². The van der Waals surface area contributed by atoms with Gasteiger partial charge in [0.25, 0.3) is 5.56 Å². The summed E-state index contributed by atoms with van der Waals surface area (Å²) < 4.78 is 7.53. The average Bonchev–Trinajstić information content (AvgIpc) is 2.44. The molecule has 1 aromatic heterocycles. The zero-order chi connectivity index (χ0) is 14.5. The highest BCUT2D eigenvalue weighted by molar-refractivity contribution is 9.10. The maximum absolute atomic E-state index is 12.0. The first-order chi connectivity index (χ1) is 9.63. The van der Waals surface area contributed by atoms with Crippen LogP contribution in [0, 0.1) is 0 Å². The second-order valence-corrected chi connectivity index (χ2v) is 5.08. The van der Waals surface area contributed by atoms with Crippen molar-refractivity contribution in [2.24, 2.45) is 0 Å². The third-order valence-corrected chi connectivity index (χ3v) is 3.60. The van der Waals surface area contributed by atoms with Crippen molar-refractivity contribution < 1.29 is 4.74 Å². The molecule has 2 aromatic rings. The van der Waals surface area contributed by atoms with E-state index in [1.54, 1.807) is 19.4 Å². The van der Waals surface area contributed by atoms with Crippen molar-refractivity contribution >= 4 is 21.6 Å². The molecule has 0 aliphatic heterocycles. The van der Waals surface area contributed by atoms with Gasteiger partial charge in [-0.2, -0.15) is 5.10 Å². The molecule has 2 rings (SSSR count). The Bertz CT molecular complexity index is 655. The third kappa shape index (κ3) is 3.39. The molecule has 0 saturated carbocycles. The molecule has 0 bridgehead atoms. The fourth-order valence-corrected chi connectivity index (χ4v) is 2.19. The normalized spacial score (nSPS) is 10.3. The van der Waals surface area contributed by atoms with Gasteiger partial charge in [-0.3, -0.25) is 4.79 Å². The highest BCUT2D eigenvalue weighted by Crippen LogP contribution is 2.22. The van der Waals surface area contributed by atoms with Crippen LogP contribution in [-0.2, 0) is 6.54 Å². The molecule has 0 amide bonds. The molecular weight excluding hydrogens is 322 g/mol. The second kappa shape index (κ2) is 6.56. The first-order valence-electron chi connectivity index (χ1n) is 6.27. The maximum Gasteiger partial charge on any atom is 0.269 e. The van der Waals surface area contributed by atoms with Gasteiger partial charge in [-0.25, -0.2) is 4.68 Å². The van der Waals surface area contributed by atoms with E-state index in [1.807, 2.05) is 25.1 Å². The van der Waals surface area contributed by atoms with Gasteiger partial charge in [0, 0.05) is 17.1 Å². The molecule has 0 saturated heterocycles.